The second-order valence-corrected chi connectivity index (χ2v) is 5.44. The molecule has 0 saturated heterocycles. The lowest BCUT2D eigenvalue weighted by Crippen LogP contribution is -2.36. The van der Waals surface area contributed by atoms with Crippen LogP contribution in [-0.4, -0.2) is 44.7 Å². The van der Waals surface area contributed by atoms with E-state index in [2.05, 4.69) is 0 Å². The summed E-state index contributed by atoms with van der Waals surface area (Å²) in [6, 6.07) is 0. The molecule has 22 heavy (non-hydrogen) atoms. The van der Waals surface area contributed by atoms with Gasteiger partial charge < -0.3 is 20.4 Å². The molecule has 0 aromatic rings. The number of rotatable bonds is 13. The first-order chi connectivity index (χ1) is 10.5. The third kappa shape index (κ3) is 11.5. The van der Waals surface area contributed by atoms with Crippen molar-refractivity contribution in [3.05, 3.63) is 24.3 Å². The molecular weight excluding hydrogens is 284 g/mol. The van der Waals surface area contributed by atoms with Crippen LogP contribution in [0, 0.1) is 0 Å². The zero-order valence-electron chi connectivity index (χ0n) is 13.4. The highest BCUT2D eigenvalue weighted by Gasteiger charge is 2.22. The summed E-state index contributed by atoms with van der Waals surface area (Å²) in [4.78, 5) is 10.3. The summed E-state index contributed by atoms with van der Waals surface area (Å²) in [7, 11) is 0. The van der Waals surface area contributed by atoms with Crippen LogP contribution in [0.5, 0.6) is 0 Å². The van der Waals surface area contributed by atoms with E-state index in [0.717, 1.165) is 25.7 Å². The van der Waals surface area contributed by atoms with Crippen molar-refractivity contribution in [3.8, 4) is 0 Å². The Bertz CT molecular complexity index is 338. The number of allylic oxidation sites excluding steroid dienone is 2. The van der Waals surface area contributed by atoms with E-state index in [1.807, 2.05) is 19.1 Å². The maximum Gasteiger partial charge on any atom is 0.303 e. The van der Waals surface area contributed by atoms with Gasteiger partial charge in [0.25, 0.3) is 0 Å². The molecule has 0 heterocycles. The Labute approximate surface area is 133 Å². The smallest absolute Gasteiger partial charge is 0.303 e. The fraction of sp³-hybridized carbons (Fsp3) is 0.706. The highest BCUT2D eigenvalue weighted by atomic mass is 16.4. The second kappa shape index (κ2) is 13.5. The number of hydrogen-bond donors (Lipinski definition) is 4. The third-order valence-electron chi connectivity index (χ3n) is 3.37. The fourth-order valence-corrected chi connectivity index (χ4v) is 2.01. The summed E-state index contributed by atoms with van der Waals surface area (Å²) in [5, 5.41) is 37.8. The van der Waals surface area contributed by atoms with Crippen molar-refractivity contribution < 1.29 is 25.2 Å². The van der Waals surface area contributed by atoms with Crippen LogP contribution in [-0.2, 0) is 4.79 Å². The number of aliphatic hydroxyl groups is 3. The van der Waals surface area contributed by atoms with Gasteiger partial charge in [-0.15, -0.1) is 0 Å². The number of carbonyl (C=O) groups is 1. The van der Waals surface area contributed by atoms with Crippen LogP contribution in [0.2, 0.25) is 0 Å². The topological polar surface area (TPSA) is 98.0 Å². The van der Waals surface area contributed by atoms with E-state index in [-0.39, 0.29) is 6.42 Å². The highest BCUT2D eigenvalue weighted by molar-refractivity contribution is 5.66. The number of aliphatic carboxylic acids is 1. The molecule has 3 atom stereocenters. The first-order valence-corrected chi connectivity index (χ1v) is 8.05. The number of carboxylic acid groups (broad SMARTS) is 1. The van der Waals surface area contributed by atoms with Gasteiger partial charge in [0, 0.05) is 6.42 Å². The fourth-order valence-electron chi connectivity index (χ4n) is 2.01. The largest absolute Gasteiger partial charge is 0.481 e. The predicted molar refractivity (Wildman–Crippen MR) is 86.5 cm³/mol. The predicted octanol–water partition coefficient (Wildman–Crippen LogP) is 2.41. The molecule has 128 valence electrons. The van der Waals surface area contributed by atoms with Gasteiger partial charge in [0.15, 0.2) is 0 Å². The van der Waals surface area contributed by atoms with Crippen LogP contribution < -0.4 is 0 Å². The molecule has 0 aromatic carbocycles. The van der Waals surface area contributed by atoms with Crippen molar-refractivity contribution in [1.29, 1.82) is 0 Å². The molecule has 5 heteroatoms. The SMILES string of the molecule is CC/C=C/C[C@H](O)[C@H](O)[C@H](O)C/C=C/CCCCCC(=O)O. The Morgan fingerprint density at radius 1 is 0.909 bits per heavy atom. The van der Waals surface area contributed by atoms with Crippen molar-refractivity contribution in [2.24, 2.45) is 0 Å². The molecule has 5 nitrogen and oxygen atoms in total. The van der Waals surface area contributed by atoms with Gasteiger partial charge in [-0.25, -0.2) is 0 Å². The van der Waals surface area contributed by atoms with Crippen molar-refractivity contribution in [2.45, 2.75) is 76.6 Å². The van der Waals surface area contributed by atoms with Gasteiger partial charge in [-0.05, 0) is 38.5 Å². The van der Waals surface area contributed by atoms with E-state index in [1.165, 1.54) is 0 Å². The molecule has 0 rings (SSSR count). The summed E-state index contributed by atoms with van der Waals surface area (Å²) in [5.41, 5.74) is 0. The van der Waals surface area contributed by atoms with Crippen LogP contribution in [0.4, 0.5) is 0 Å². The summed E-state index contributed by atoms with van der Waals surface area (Å²) in [6.45, 7) is 1.99. The molecule has 0 amide bonds. The van der Waals surface area contributed by atoms with Gasteiger partial charge in [-0.3, -0.25) is 4.79 Å². The van der Waals surface area contributed by atoms with Gasteiger partial charge in [0.1, 0.15) is 6.10 Å². The maximum atomic E-state index is 10.3. The molecule has 0 aliphatic rings. The number of carboxylic acids is 1. The summed E-state index contributed by atoms with van der Waals surface area (Å²) < 4.78 is 0. The average Bonchev–Trinajstić information content (AvgIpc) is 2.48. The van der Waals surface area contributed by atoms with Gasteiger partial charge in [0.05, 0.1) is 12.2 Å². The molecule has 0 saturated carbocycles. The van der Waals surface area contributed by atoms with E-state index >= 15 is 0 Å². The standard InChI is InChI=1S/C17H30O5/c1-2-3-8-11-14(18)17(22)15(19)12-9-6-4-5-7-10-13-16(20)21/h3,6,8-9,14-15,17-19,22H,2,4-5,7,10-13H2,1H3,(H,20,21)/b8-3+,9-6+/t14-,15+,17-/m0/s1. The minimum atomic E-state index is -1.15. The summed E-state index contributed by atoms with van der Waals surface area (Å²) in [6.07, 6.45) is 9.32. The number of hydrogen-bond acceptors (Lipinski definition) is 4. The quantitative estimate of drug-likeness (QED) is 0.309. The molecule has 0 fully saturated rings. The Kier molecular flexibility index (Phi) is 12.8. The van der Waals surface area contributed by atoms with E-state index < -0.39 is 24.3 Å². The third-order valence-corrected chi connectivity index (χ3v) is 3.37. The molecule has 0 aromatic heterocycles. The number of aliphatic hydroxyl groups excluding tert-OH is 3. The van der Waals surface area contributed by atoms with Crippen molar-refractivity contribution >= 4 is 5.97 Å². The average molecular weight is 314 g/mol. The molecular formula is C17H30O5. The van der Waals surface area contributed by atoms with E-state index in [1.54, 1.807) is 12.2 Å². The summed E-state index contributed by atoms with van der Waals surface area (Å²) >= 11 is 0. The van der Waals surface area contributed by atoms with Gasteiger partial charge in [-0.2, -0.15) is 0 Å². The molecule has 0 bridgehead atoms. The maximum absolute atomic E-state index is 10.3. The van der Waals surface area contributed by atoms with Crippen LogP contribution in [0.3, 0.4) is 0 Å². The Hall–Kier alpha value is -1.17. The first-order valence-electron chi connectivity index (χ1n) is 8.05. The van der Waals surface area contributed by atoms with Crippen molar-refractivity contribution in [1.82, 2.24) is 0 Å². The van der Waals surface area contributed by atoms with Crippen molar-refractivity contribution in [3.63, 3.8) is 0 Å². The Morgan fingerprint density at radius 2 is 1.50 bits per heavy atom. The zero-order valence-corrected chi connectivity index (χ0v) is 13.4. The van der Waals surface area contributed by atoms with Crippen LogP contribution >= 0.6 is 0 Å². The zero-order chi connectivity index (χ0) is 16.8. The minimum Gasteiger partial charge on any atom is -0.481 e. The molecule has 0 spiro atoms. The minimum absolute atomic E-state index is 0.207. The lowest BCUT2D eigenvalue weighted by molar-refractivity contribution is -0.137. The molecule has 0 aliphatic carbocycles. The van der Waals surface area contributed by atoms with E-state index in [4.69, 9.17) is 5.11 Å². The molecule has 0 aliphatic heterocycles. The van der Waals surface area contributed by atoms with Gasteiger partial charge in [0.2, 0.25) is 0 Å². The van der Waals surface area contributed by atoms with Gasteiger partial charge in [-0.1, -0.05) is 37.6 Å². The van der Waals surface area contributed by atoms with E-state index in [0.29, 0.717) is 19.3 Å². The first kappa shape index (κ1) is 20.8. The lowest BCUT2D eigenvalue weighted by Gasteiger charge is -2.21. The molecule has 4 N–H and O–H groups in total. The van der Waals surface area contributed by atoms with E-state index in [9.17, 15) is 20.1 Å². The molecule has 0 unspecified atom stereocenters. The van der Waals surface area contributed by atoms with Crippen LogP contribution in [0.15, 0.2) is 24.3 Å². The summed E-state index contributed by atoms with van der Waals surface area (Å²) in [5.74, 6) is -0.764. The number of unbranched alkanes of at least 4 members (excludes halogenated alkanes) is 3. The van der Waals surface area contributed by atoms with Crippen LogP contribution in [0.25, 0.3) is 0 Å². The lowest BCUT2D eigenvalue weighted by atomic mass is 10.0. The highest BCUT2D eigenvalue weighted by Crippen LogP contribution is 2.10. The normalized spacial score (nSPS) is 16.2. The monoisotopic (exact) mass is 314 g/mol. The Morgan fingerprint density at radius 3 is 2.05 bits per heavy atom. The second-order valence-electron chi connectivity index (χ2n) is 5.44. The van der Waals surface area contributed by atoms with Gasteiger partial charge >= 0.3 is 5.97 Å². The van der Waals surface area contributed by atoms with Crippen molar-refractivity contribution in [2.75, 3.05) is 0 Å². The van der Waals surface area contributed by atoms with Crippen LogP contribution in [0.1, 0.15) is 58.3 Å². The molecule has 0 radical (unpaired) electrons. The Balaban J connectivity index is 3.77.